The molecule has 0 fully saturated rings. The molecule has 4 nitrogen and oxygen atoms in total. The molecule has 1 rings (SSSR count). The number of hydrogen-bond acceptors (Lipinski definition) is 4. The summed E-state index contributed by atoms with van der Waals surface area (Å²) in [4.78, 5) is 0.0989. The van der Waals surface area contributed by atoms with Crippen LogP contribution in [0.15, 0.2) is 23.1 Å². The normalized spacial score (nSPS) is 11.4. The molecule has 0 aromatic heterocycles. The Bertz CT molecular complexity index is 329. The van der Waals surface area contributed by atoms with Crippen molar-refractivity contribution >= 4 is 11.1 Å². The Labute approximate surface area is 128 Å². The summed E-state index contributed by atoms with van der Waals surface area (Å²) in [5.74, 6) is 0.800. The van der Waals surface area contributed by atoms with Crippen LogP contribution in [0.25, 0.3) is 0 Å². The van der Waals surface area contributed by atoms with E-state index in [1.165, 1.54) is 20.3 Å². The summed E-state index contributed by atoms with van der Waals surface area (Å²) in [6, 6.07) is 4.58. The van der Waals surface area contributed by atoms with Crippen molar-refractivity contribution in [1.29, 1.82) is 0 Å². The summed E-state index contributed by atoms with van der Waals surface area (Å²) in [6.07, 6.45) is 0. The summed E-state index contributed by atoms with van der Waals surface area (Å²) in [6.45, 7) is 0. The van der Waals surface area contributed by atoms with E-state index in [2.05, 4.69) is 0 Å². The predicted molar refractivity (Wildman–Crippen MR) is 46.7 cm³/mol. The van der Waals surface area contributed by atoms with E-state index < -0.39 is 11.1 Å². The van der Waals surface area contributed by atoms with E-state index >= 15 is 0 Å². The number of ether oxygens (including phenoxy) is 2. The molecule has 0 heterocycles. The second kappa shape index (κ2) is 6.94. The van der Waals surface area contributed by atoms with Gasteiger partial charge in [0, 0.05) is 0 Å². The molecular formula is C8H9KO4S. The van der Waals surface area contributed by atoms with Crippen LogP contribution in [0.1, 0.15) is 0 Å². The molecule has 0 N–H and O–H groups in total. The zero-order chi connectivity index (χ0) is 9.84. The van der Waals surface area contributed by atoms with Gasteiger partial charge in [-0.25, -0.2) is 0 Å². The maximum absolute atomic E-state index is 10.7. The van der Waals surface area contributed by atoms with Gasteiger partial charge in [-0.05, 0) is 29.3 Å². The van der Waals surface area contributed by atoms with Crippen molar-refractivity contribution in [2.75, 3.05) is 14.2 Å². The fraction of sp³-hybridized carbons (Fsp3) is 0.250. The topological polar surface area (TPSA) is 58.6 Å². The Morgan fingerprint density at radius 2 is 1.93 bits per heavy atom. The first kappa shape index (κ1) is 14.6. The zero-order valence-corrected chi connectivity index (χ0v) is 12.2. The summed E-state index contributed by atoms with van der Waals surface area (Å²) in [7, 11) is 2.89. The van der Waals surface area contributed by atoms with Crippen LogP contribution in [0, 0.1) is 0 Å². The molecule has 0 saturated heterocycles. The van der Waals surface area contributed by atoms with Gasteiger partial charge in [0.25, 0.3) is 0 Å². The molecule has 0 aliphatic rings. The van der Waals surface area contributed by atoms with Gasteiger partial charge in [0.15, 0.2) is 0 Å². The van der Waals surface area contributed by atoms with E-state index in [1.54, 1.807) is 12.1 Å². The first-order valence-electron chi connectivity index (χ1n) is 3.50. The third-order valence-electron chi connectivity index (χ3n) is 1.55. The molecule has 0 saturated carbocycles. The average molecular weight is 240 g/mol. The third-order valence-corrected chi connectivity index (χ3v) is 2.23. The molecule has 0 bridgehead atoms. The van der Waals surface area contributed by atoms with Crippen molar-refractivity contribution in [2.45, 2.75) is 4.90 Å². The molecule has 72 valence electrons. The van der Waals surface area contributed by atoms with Gasteiger partial charge < -0.3 is 14.0 Å². The summed E-state index contributed by atoms with van der Waals surface area (Å²) in [5, 5.41) is 0. The van der Waals surface area contributed by atoms with Gasteiger partial charge in [0.2, 0.25) is 0 Å². The minimum atomic E-state index is -2.31. The number of hydrogen-bond donors (Lipinski definition) is 0. The summed E-state index contributed by atoms with van der Waals surface area (Å²) >= 11 is -2.31. The van der Waals surface area contributed by atoms with E-state index in [4.69, 9.17) is 9.47 Å². The van der Waals surface area contributed by atoms with E-state index in [9.17, 15) is 8.76 Å². The minimum Gasteiger partial charge on any atom is -0.768 e. The smallest absolute Gasteiger partial charge is 0.768 e. The molecule has 0 aliphatic carbocycles. The molecule has 1 aromatic carbocycles. The van der Waals surface area contributed by atoms with Gasteiger partial charge in [-0.15, -0.1) is 0 Å². The Morgan fingerprint density at radius 1 is 1.29 bits per heavy atom. The molecule has 0 amide bonds. The van der Waals surface area contributed by atoms with Crippen molar-refractivity contribution in [3.63, 3.8) is 0 Å². The summed E-state index contributed by atoms with van der Waals surface area (Å²) in [5.41, 5.74) is 0. The van der Waals surface area contributed by atoms with E-state index in [-0.39, 0.29) is 56.3 Å². The monoisotopic (exact) mass is 240 g/mol. The molecule has 1 aromatic rings. The van der Waals surface area contributed by atoms with Crippen LogP contribution in [0.3, 0.4) is 0 Å². The van der Waals surface area contributed by atoms with Crippen molar-refractivity contribution in [3.8, 4) is 11.5 Å². The molecular weight excluding hydrogens is 231 g/mol. The van der Waals surface area contributed by atoms with Gasteiger partial charge in [-0.3, -0.25) is 4.21 Å². The van der Waals surface area contributed by atoms with Crippen LogP contribution in [0.2, 0.25) is 0 Å². The van der Waals surface area contributed by atoms with Gasteiger partial charge in [-0.1, -0.05) is 0 Å². The largest absolute Gasteiger partial charge is 1.00 e. The molecule has 1 atom stereocenters. The molecule has 0 radical (unpaired) electrons. The van der Waals surface area contributed by atoms with Crippen LogP contribution in [-0.4, -0.2) is 23.0 Å². The zero-order valence-electron chi connectivity index (χ0n) is 8.27. The Kier molecular flexibility index (Phi) is 7.22. The van der Waals surface area contributed by atoms with Crippen LogP contribution in [0.4, 0.5) is 0 Å². The molecule has 0 spiro atoms. The van der Waals surface area contributed by atoms with Gasteiger partial charge in [0.1, 0.15) is 11.5 Å². The van der Waals surface area contributed by atoms with Crippen LogP contribution in [0.5, 0.6) is 11.5 Å². The van der Waals surface area contributed by atoms with Crippen LogP contribution >= 0.6 is 0 Å². The first-order valence-corrected chi connectivity index (χ1v) is 4.58. The molecule has 6 heteroatoms. The third kappa shape index (κ3) is 3.61. The molecule has 0 aliphatic heterocycles. The number of methoxy groups -OCH3 is 2. The maximum atomic E-state index is 10.7. The van der Waals surface area contributed by atoms with E-state index in [1.807, 2.05) is 0 Å². The quantitative estimate of drug-likeness (QED) is 0.450. The predicted octanol–water partition coefficient (Wildman–Crippen LogP) is -2.05. The van der Waals surface area contributed by atoms with Crippen LogP contribution in [-0.2, 0) is 11.1 Å². The standard InChI is InChI=1S/C8H10O4S.K/c1-11-6-3-4-7(12-2)8(5-6)13(9)10;/h3-5H,1-2H3,(H,9,10);/q;+1/p-1. The fourth-order valence-corrected chi connectivity index (χ4v) is 1.44. The fourth-order valence-electron chi connectivity index (χ4n) is 0.914. The molecule has 1 unspecified atom stereocenters. The average Bonchev–Trinajstić information content (AvgIpc) is 2.16. The molecule has 14 heavy (non-hydrogen) atoms. The van der Waals surface area contributed by atoms with Crippen molar-refractivity contribution in [3.05, 3.63) is 18.2 Å². The number of benzene rings is 1. The maximum Gasteiger partial charge on any atom is 1.00 e. The second-order valence-electron chi connectivity index (χ2n) is 2.25. The van der Waals surface area contributed by atoms with Gasteiger partial charge in [0.05, 0.1) is 19.1 Å². The first-order chi connectivity index (χ1) is 6.19. The van der Waals surface area contributed by atoms with Crippen molar-refractivity contribution < 1.29 is 69.6 Å². The van der Waals surface area contributed by atoms with E-state index in [0.717, 1.165) is 0 Å². The summed E-state index contributed by atoms with van der Waals surface area (Å²) < 4.78 is 31.2. The van der Waals surface area contributed by atoms with Gasteiger partial charge >= 0.3 is 51.4 Å². The Hall–Kier alpha value is 0.566. The van der Waals surface area contributed by atoms with Crippen LogP contribution < -0.4 is 60.9 Å². The Morgan fingerprint density at radius 3 is 2.36 bits per heavy atom. The minimum absolute atomic E-state index is 0. The SMILES string of the molecule is COc1ccc(OC)c(S(=O)[O-])c1.[K+]. The van der Waals surface area contributed by atoms with E-state index in [0.29, 0.717) is 11.5 Å². The van der Waals surface area contributed by atoms with Crippen molar-refractivity contribution in [2.24, 2.45) is 0 Å². The van der Waals surface area contributed by atoms with Crippen molar-refractivity contribution in [1.82, 2.24) is 0 Å². The van der Waals surface area contributed by atoms with Gasteiger partial charge in [-0.2, -0.15) is 0 Å². The second-order valence-corrected chi connectivity index (χ2v) is 3.16. The number of rotatable bonds is 3. The Balaban J connectivity index is 0.00000169.